The van der Waals surface area contributed by atoms with E-state index in [9.17, 15) is 14.4 Å². The molecule has 7 nitrogen and oxygen atoms in total. The molecule has 0 saturated carbocycles. The van der Waals surface area contributed by atoms with E-state index < -0.39 is 23.8 Å². The second-order valence-corrected chi connectivity index (χ2v) is 4.79. The van der Waals surface area contributed by atoms with Crippen molar-refractivity contribution in [3.63, 3.8) is 0 Å². The minimum Gasteiger partial charge on any atom is -0.480 e. The molecule has 0 fully saturated rings. The molecule has 1 rings (SSSR count). The van der Waals surface area contributed by atoms with E-state index >= 15 is 0 Å². The third-order valence-electron chi connectivity index (χ3n) is 2.88. The molecule has 0 aromatic heterocycles. The molecule has 0 heterocycles. The maximum atomic E-state index is 11.6. The van der Waals surface area contributed by atoms with Gasteiger partial charge in [-0.25, -0.2) is 4.79 Å². The van der Waals surface area contributed by atoms with Crippen LogP contribution in [0.2, 0.25) is 0 Å². The number of hydrogen-bond donors (Lipinski definition) is 4. The fourth-order valence-corrected chi connectivity index (χ4v) is 1.68. The van der Waals surface area contributed by atoms with E-state index in [0.717, 1.165) is 5.56 Å². The Morgan fingerprint density at radius 1 is 1.17 bits per heavy atom. The first-order valence-corrected chi connectivity index (χ1v) is 6.90. The Bertz CT molecular complexity index is 621. The Kier molecular flexibility index (Phi) is 7.06. The van der Waals surface area contributed by atoms with Crippen molar-refractivity contribution in [2.24, 2.45) is 5.73 Å². The number of aliphatic carboxylic acids is 1. The number of allylic oxidation sites excluding steroid dienone is 2. The zero-order valence-electron chi connectivity index (χ0n) is 12.4. The molecule has 2 amide bonds. The molecular formula is C16H19N3O4. The quantitative estimate of drug-likeness (QED) is 0.317. The molecule has 1 aromatic rings. The highest BCUT2D eigenvalue weighted by molar-refractivity contribution is 5.91. The lowest BCUT2D eigenvalue weighted by atomic mass is 10.1. The number of anilines is 1. The average molecular weight is 317 g/mol. The first-order valence-electron chi connectivity index (χ1n) is 6.90. The molecule has 1 atom stereocenters. The van der Waals surface area contributed by atoms with Crippen LogP contribution in [0.3, 0.4) is 0 Å². The fourth-order valence-electron chi connectivity index (χ4n) is 1.68. The molecule has 0 spiro atoms. The summed E-state index contributed by atoms with van der Waals surface area (Å²) in [5.74, 6) is -2.40. The second-order valence-electron chi connectivity index (χ2n) is 4.79. The van der Waals surface area contributed by atoms with E-state index in [1.165, 1.54) is 12.2 Å². The zero-order valence-corrected chi connectivity index (χ0v) is 12.4. The largest absolute Gasteiger partial charge is 0.480 e. The van der Waals surface area contributed by atoms with Crippen molar-refractivity contribution in [2.75, 3.05) is 5.73 Å². The third-order valence-corrected chi connectivity index (χ3v) is 2.88. The van der Waals surface area contributed by atoms with Crippen molar-refractivity contribution in [1.82, 2.24) is 5.32 Å². The van der Waals surface area contributed by atoms with Crippen LogP contribution in [0.5, 0.6) is 0 Å². The van der Waals surface area contributed by atoms with E-state index in [0.29, 0.717) is 5.69 Å². The molecule has 0 saturated heterocycles. The molecule has 23 heavy (non-hydrogen) atoms. The van der Waals surface area contributed by atoms with E-state index in [4.69, 9.17) is 16.6 Å². The molecule has 1 unspecified atom stereocenters. The highest BCUT2D eigenvalue weighted by Crippen LogP contribution is 2.06. The first-order chi connectivity index (χ1) is 10.9. The molecule has 0 bridgehead atoms. The van der Waals surface area contributed by atoms with Crippen molar-refractivity contribution < 1.29 is 19.5 Å². The van der Waals surface area contributed by atoms with Gasteiger partial charge in [-0.15, -0.1) is 0 Å². The highest BCUT2D eigenvalue weighted by atomic mass is 16.4. The van der Waals surface area contributed by atoms with Gasteiger partial charge in [0.25, 0.3) is 0 Å². The molecule has 122 valence electrons. The number of carbonyl (C=O) groups excluding carboxylic acids is 2. The van der Waals surface area contributed by atoms with Gasteiger partial charge < -0.3 is 21.9 Å². The number of benzene rings is 1. The Balaban J connectivity index is 2.51. The number of rotatable bonds is 8. The van der Waals surface area contributed by atoms with Gasteiger partial charge in [0, 0.05) is 18.2 Å². The number of carbonyl (C=O) groups is 3. The topological polar surface area (TPSA) is 136 Å². The van der Waals surface area contributed by atoms with Crippen molar-refractivity contribution in [3.8, 4) is 0 Å². The minimum atomic E-state index is -1.22. The number of nitrogens with two attached hydrogens (primary N) is 2. The number of nitrogens with one attached hydrogen (secondary N) is 1. The van der Waals surface area contributed by atoms with Gasteiger partial charge in [-0.1, -0.05) is 30.4 Å². The lowest BCUT2D eigenvalue weighted by Gasteiger charge is -2.11. The fraction of sp³-hybridized carbons (Fsp3) is 0.188. The molecule has 1 aromatic carbocycles. The summed E-state index contributed by atoms with van der Waals surface area (Å²) in [7, 11) is 0. The molecule has 6 N–H and O–H groups in total. The smallest absolute Gasteiger partial charge is 0.326 e. The Morgan fingerprint density at radius 2 is 1.83 bits per heavy atom. The summed E-state index contributed by atoms with van der Waals surface area (Å²) in [6.07, 6.45) is 5.94. The first kappa shape index (κ1) is 18.0. The number of carboxylic acid groups (broad SMARTS) is 1. The summed E-state index contributed by atoms with van der Waals surface area (Å²) < 4.78 is 0. The van der Waals surface area contributed by atoms with Crippen LogP contribution in [0.4, 0.5) is 5.69 Å². The van der Waals surface area contributed by atoms with Crippen LogP contribution < -0.4 is 16.8 Å². The number of amides is 2. The lowest BCUT2D eigenvalue weighted by Crippen LogP contribution is -2.40. The molecule has 7 heteroatoms. The summed E-state index contributed by atoms with van der Waals surface area (Å²) in [6, 6.07) is 6.01. The van der Waals surface area contributed by atoms with Crippen LogP contribution >= 0.6 is 0 Å². The van der Waals surface area contributed by atoms with Crippen LogP contribution in [0, 0.1) is 0 Å². The van der Waals surface area contributed by atoms with Crippen LogP contribution in [-0.2, 0) is 14.4 Å². The summed E-state index contributed by atoms with van der Waals surface area (Å²) in [4.78, 5) is 33.3. The van der Waals surface area contributed by atoms with E-state index in [-0.39, 0.29) is 12.8 Å². The number of hydrogen-bond acceptors (Lipinski definition) is 4. The van der Waals surface area contributed by atoms with Crippen LogP contribution in [0.25, 0.3) is 6.08 Å². The van der Waals surface area contributed by atoms with Gasteiger partial charge >= 0.3 is 5.97 Å². The molecular weight excluding hydrogens is 298 g/mol. The number of primary amides is 1. The van der Waals surface area contributed by atoms with Crippen molar-refractivity contribution in [2.45, 2.75) is 18.9 Å². The van der Waals surface area contributed by atoms with Gasteiger partial charge in [0.1, 0.15) is 6.04 Å². The Labute approximate surface area is 133 Å². The molecule has 0 radical (unpaired) electrons. The van der Waals surface area contributed by atoms with Crippen LogP contribution in [-0.4, -0.2) is 28.9 Å². The van der Waals surface area contributed by atoms with E-state index in [1.807, 2.05) is 12.1 Å². The summed E-state index contributed by atoms with van der Waals surface area (Å²) in [5.41, 5.74) is 12.1. The monoisotopic (exact) mass is 317 g/mol. The third kappa shape index (κ3) is 7.47. The van der Waals surface area contributed by atoms with E-state index in [1.54, 1.807) is 24.3 Å². The predicted octanol–water partition coefficient (Wildman–Crippen LogP) is 0.673. The maximum absolute atomic E-state index is 11.6. The molecule has 0 aliphatic heterocycles. The van der Waals surface area contributed by atoms with Crippen molar-refractivity contribution >= 4 is 29.5 Å². The maximum Gasteiger partial charge on any atom is 0.326 e. The summed E-state index contributed by atoms with van der Waals surface area (Å²) in [6.45, 7) is 0. The van der Waals surface area contributed by atoms with Crippen LogP contribution in [0.15, 0.2) is 42.5 Å². The predicted molar refractivity (Wildman–Crippen MR) is 87.0 cm³/mol. The Hall–Kier alpha value is -3.09. The van der Waals surface area contributed by atoms with Crippen molar-refractivity contribution in [1.29, 1.82) is 0 Å². The van der Waals surface area contributed by atoms with E-state index in [2.05, 4.69) is 5.32 Å². The average Bonchev–Trinajstić information content (AvgIpc) is 2.49. The van der Waals surface area contributed by atoms with Gasteiger partial charge in [0.05, 0.1) is 0 Å². The van der Waals surface area contributed by atoms with Gasteiger partial charge in [-0.05, 0) is 24.1 Å². The highest BCUT2D eigenvalue weighted by Gasteiger charge is 2.19. The SMILES string of the molecule is NC(=O)CCC(NC(=O)C=CC=Cc1ccc(N)cc1)C(=O)O. The lowest BCUT2D eigenvalue weighted by molar-refractivity contribution is -0.141. The standard InChI is InChI=1S/C16H19N3O4/c17-12-7-5-11(6-8-12)3-1-2-4-15(21)19-13(16(22)23)9-10-14(18)20/h1-8,13H,9-10,17H2,(H2,18,20)(H,19,21)(H,22,23). The Morgan fingerprint density at radius 3 is 2.39 bits per heavy atom. The number of nitrogen functional groups attached to an aromatic ring is 1. The summed E-state index contributed by atoms with van der Waals surface area (Å²) in [5, 5.41) is 11.3. The van der Waals surface area contributed by atoms with Gasteiger partial charge in [-0.3, -0.25) is 9.59 Å². The van der Waals surface area contributed by atoms with Gasteiger partial charge in [0.2, 0.25) is 11.8 Å². The van der Waals surface area contributed by atoms with Gasteiger partial charge in [-0.2, -0.15) is 0 Å². The molecule has 0 aliphatic carbocycles. The van der Waals surface area contributed by atoms with Crippen molar-refractivity contribution in [3.05, 3.63) is 48.1 Å². The number of carboxylic acids is 1. The van der Waals surface area contributed by atoms with Gasteiger partial charge in [0.15, 0.2) is 0 Å². The summed E-state index contributed by atoms with van der Waals surface area (Å²) >= 11 is 0. The second kappa shape index (κ2) is 9.04. The zero-order chi connectivity index (χ0) is 17.2. The van der Waals surface area contributed by atoms with Crippen LogP contribution in [0.1, 0.15) is 18.4 Å². The molecule has 0 aliphatic rings. The normalized spacial score (nSPS) is 12.3. The minimum absolute atomic E-state index is 0.0501.